The summed E-state index contributed by atoms with van der Waals surface area (Å²) in [5.74, 6) is -0.334. The van der Waals surface area contributed by atoms with Gasteiger partial charge in [-0.2, -0.15) is 0 Å². The normalized spacial score (nSPS) is 10.5. The van der Waals surface area contributed by atoms with Crippen molar-refractivity contribution in [3.63, 3.8) is 0 Å². The minimum Gasteiger partial charge on any atom is -0.497 e. The number of ether oxygens (including phenoxy) is 1. The lowest BCUT2D eigenvalue weighted by atomic mass is 10.2. The first-order valence-corrected chi connectivity index (χ1v) is 5.32. The zero-order valence-electron chi connectivity index (χ0n) is 7.78. The molecule has 0 aliphatic heterocycles. The Balaban J connectivity index is 2.72. The minimum absolute atomic E-state index is 0.167. The Morgan fingerprint density at radius 3 is 2.87 bits per heavy atom. The first kappa shape index (κ1) is 10.3. The van der Waals surface area contributed by atoms with E-state index in [0.29, 0.717) is 5.75 Å². The number of fused-ring (bicyclic) bond motifs is 1. The Bertz CT molecular complexity index is 533. The minimum atomic E-state index is -1.000. The molecule has 0 spiro atoms. The first-order chi connectivity index (χ1) is 7.13. The van der Waals surface area contributed by atoms with Crippen molar-refractivity contribution in [2.24, 2.45) is 0 Å². The summed E-state index contributed by atoms with van der Waals surface area (Å²) in [6.45, 7) is 0. The van der Waals surface area contributed by atoms with E-state index in [-0.39, 0.29) is 9.90 Å². The lowest BCUT2D eigenvalue weighted by molar-refractivity contribution is 0.0702. The molecule has 0 amide bonds. The van der Waals surface area contributed by atoms with Gasteiger partial charge in [0, 0.05) is 10.1 Å². The third-order valence-corrected chi connectivity index (χ3v) is 3.69. The van der Waals surface area contributed by atoms with Gasteiger partial charge in [0.2, 0.25) is 0 Å². The fourth-order valence-electron chi connectivity index (χ4n) is 1.31. The van der Waals surface area contributed by atoms with E-state index in [2.05, 4.69) is 0 Å². The van der Waals surface area contributed by atoms with Crippen molar-refractivity contribution < 1.29 is 14.6 Å². The predicted octanol–water partition coefficient (Wildman–Crippen LogP) is 3.26. The van der Waals surface area contributed by atoms with Gasteiger partial charge in [-0.25, -0.2) is 4.79 Å². The Hall–Kier alpha value is -1.26. The van der Waals surface area contributed by atoms with Crippen LogP contribution in [0.4, 0.5) is 0 Å². The summed E-state index contributed by atoms with van der Waals surface area (Å²) in [6, 6.07) is 5.32. The molecule has 1 heterocycles. The monoisotopic (exact) mass is 242 g/mol. The first-order valence-electron chi connectivity index (χ1n) is 4.13. The zero-order valence-corrected chi connectivity index (χ0v) is 9.35. The molecule has 3 nitrogen and oxygen atoms in total. The van der Waals surface area contributed by atoms with Crippen LogP contribution in [0.25, 0.3) is 10.1 Å². The van der Waals surface area contributed by atoms with E-state index < -0.39 is 5.97 Å². The molecule has 0 atom stereocenters. The summed E-state index contributed by atoms with van der Waals surface area (Å²) in [4.78, 5) is 11.0. The second kappa shape index (κ2) is 3.72. The molecule has 2 aromatic rings. The van der Waals surface area contributed by atoms with Crippen LogP contribution in [-0.2, 0) is 0 Å². The molecule has 0 aliphatic carbocycles. The van der Waals surface area contributed by atoms with E-state index in [0.717, 1.165) is 21.4 Å². The van der Waals surface area contributed by atoms with Gasteiger partial charge < -0.3 is 9.84 Å². The van der Waals surface area contributed by atoms with Crippen LogP contribution in [0.3, 0.4) is 0 Å². The summed E-state index contributed by atoms with van der Waals surface area (Å²) >= 11 is 7.12. The average Bonchev–Trinajstić information content (AvgIpc) is 2.56. The number of rotatable bonds is 2. The Labute approximate surface area is 94.9 Å². The molecule has 0 bridgehead atoms. The molecule has 1 aromatic heterocycles. The van der Waals surface area contributed by atoms with Crippen LogP contribution in [0.1, 0.15) is 9.67 Å². The third-order valence-electron chi connectivity index (χ3n) is 2.03. The van der Waals surface area contributed by atoms with E-state index in [1.54, 1.807) is 25.3 Å². The zero-order chi connectivity index (χ0) is 11.0. The van der Waals surface area contributed by atoms with Crippen LogP contribution in [0, 0.1) is 0 Å². The van der Waals surface area contributed by atoms with Gasteiger partial charge in [0.05, 0.1) is 12.1 Å². The summed E-state index contributed by atoms with van der Waals surface area (Å²) < 4.78 is 5.89. The van der Waals surface area contributed by atoms with Crippen molar-refractivity contribution in [1.29, 1.82) is 0 Å². The molecule has 0 saturated carbocycles. The SMILES string of the molecule is COc1ccc2sc(C(=O)O)c(Cl)c2c1. The number of halogens is 1. The molecule has 78 valence electrons. The number of carbonyl (C=O) groups is 1. The third kappa shape index (κ3) is 1.66. The molecule has 1 N–H and O–H groups in total. The molecule has 2 rings (SSSR count). The number of methoxy groups -OCH3 is 1. The van der Waals surface area contributed by atoms with Crippen molar-refractivity contribution in [3.05, 3.63) is 28.1 Å². The maximum atomic E-state index is 10.8. The number of hydrogen-bond donors (Lipinski definition) is 1. The Morgan fingerprint density at radius 1 is 1.53 bits per heavy atom. The molecule has 0 saturated heterocycles. The molecule has 1 aromatic carbocycles. The molecular formula is C10H7ClO3S. The Kier molecular flexibility index (Phi) is 2.54. The molecule has 0 radical (unpaired) electrons. The van der Waals surface area contributed by atoms with Crippen LogP contribution in [0.15, 0.2) is 18.2 Å². The molecule has 0 aliphatic rings. The van der Waals surface area contributed by atoms with Crippen LogP contribution in [0.5, 0.6) is 5.75 Å². The van der Waals surface area contributed by atoms with E-state index in [4.69, 9.17) is 21.4 Å². The molecule has 0 unspecified atom stereocenters. The number of benzene rings is 1. The van der Waals surface area contributed by atoms with Crippen molar-refractivity contribution in [2.75, 3.05) is 7.11 Å². The van der Waals surface area contributed by atoms with Crippen molar-refractivity contribution in [2.45, 2.75) is 0 Å². The second-order valence-electron chi connectivity index (χ2n) is 2.91. The maximum Gasteiger partial charge on any atom is 0.347 e. The van der Waals surface area contributed by atoms with E-state index in [9.17, 15) is 4.79 Å². The van der Waals surface area contributed by atoms with Crippen molar-refractivity contribution >= 4 is 39.0 Å². The highest BCUT2D eigenvalue weighted by atomic mass is 35.5. The Morgan fingerprint density at radius 2 is 2.27 bits per heavy atom. The number of hydrogen-bond acceptors (Lipinski definition) is 3. The molecule has 15 heavy (non-hydrogen) atoms. The topological polar surface area (TPSA) is 46.5 Å². The van der Waals surface area contributed by atoms with E-state index in [1.165, 1.54) is 0 Å². The molecule has 5 heteroatoms. The highest BCUT2D eigenvalue weighted by molar-refractivity contribution is 7.21. The smallest absolute Gasteiger partial charge is 0.347 e. The summed E-state index contributed by atoms with van der Waals surface area (Å²) in [7, 11) is 1.56. The van der Waals surface area contributed by atoms with Gasteiger partial charge in [-0.3, -0.25) is 0 Å². The number of carboxylic acids is 1. The summed E-state index contributed by atoms with van der Waals surface area (Å²) in [6.07, 6.45) is 0. The predicted molar refractivity (Wildman–Crippen MR) is 60.3 cm³/mol. The molecule has 0 fully saturated rings. The van der Waals surface area contributed by atoms with Crippen LogP contribution in [-0.4, -0.2) is 18.2 Å². The van der Waals surface area contributed by atoms with Gasteiger partial charge in [0.25, 0.3) is 0 Å². The van der Waals surface area contributed by atoms with Crippen LogP contribution in [0.2, 0.25) is 5.02 Å². The lowest BCUT2D eigenvalue weighted by Crippen LogP contribution is -1.91. The number of thiophene rings is 1. The standard InChI is InChI=1S/C10H7ClO3S/c1-14-5-2-3-7-6(4-5)8(11)9(15-7)10(12)13/h2-4H,1H3,(H,12,13). The van der Waals surface area contributed by atoms with Gasteiger partial charge in [-0.1, -0.05) is 11.6 Å². The fourth-order valence-corrected chi connectivity index (χ4v) is 2.63. The van der Waals surface area contributed by atoms with Gasteiger partial charge >= 0.3 is 5.97 Å². The van der Waals surface area contributed by atoms with Crippen LogP contribution < -0.4 is 4.74 Å². The van der Waals surface area contributed by atoms with E-state index >= 15 is 0 Å². The maximum absolute atomic E-state index is 10.8. The molecular weight excluding hydrogens is 236 g/mol. The fraction of sp³-hybridized carbons (Fsp3) is 0.100. The lowest BCUT2D eigenvalue weighted by Gasteiger charge is -1.98. The van der Waals surface area contributed by atoms with Gasteiger partial charge in [-0.15, -0.1) is 11.3 Å². The van der Waals surface area contributed by atoms with E-state index in [1.807, 2.05) is 0 Å². The van der Waals surface area contributed by atoms with Gasteiger partial charge in [0.15, 0.2) is 0 Å². The van der Waals surface area contributed by atoms with Crippen LogP contribution >= 0.6 is 22.9 Å². The highest BCUT2D eigenvalue weighted by Crippen LogP contribution is 2.37. The number of aromatic carboxylic acids is 1. The quantitative estimate of drug-likeness (QED) is 0.879. The highest BCUT2D eigenvalue weighted by Gasteiger charge is 2.16. The summed E-state index contributed by atoms with van der Waals surface area (Å²) in [5.41, 5.74) is 0. The van der Waals surface area contributed by atoms with Crippen molar-refractivity contribution in [1.82, 2.24) is 0 Å². The number of carboxylic acid groups (broad SMARTS) is 1. The summed E-state index contributed by atoms with van der Waals surface area (Å²) in [5, 5.41) is 9.89. The van der Waals surface area contributed by atoms with Crippen molar-refractivity contribution in [3.8, 4) is 5.75 Å². The second-order valence-corrected chi connectivity index (χ2v) is 4.34. The largest absolute Gasteiger partial charge is 0.497 e. The van der Waals surface area contributed by atoms with Gasteiger partial charge in [-0.05, 0) is 18.2 Å². The average molecular weight is 243 g/mol. The van der Waals surface area contributed by atoms with Gasteiger partial charge in [0.1, 0.15) is 10.6 Å².